The SMILES string of the molecule is CSCC(=O)NCC(c1ccc(C)o1)N1CCOCC1. The highest BCUT2D eigenvalue weighted by atomic mass is 32.2. The van der Waals surface area contributed by atoms with Crippen molar-refractivity contribution in [1.82, 2.24) is 10.2 Å². The molecule has 1 N–H and O–H groups in total. The number of rotatable bonds is 6. The highest BCUT2D eigenvalue weighted by Gasteiger charge is 2.25. The summed E-state index contributed by atoms with van der Waals surface area (Å²) >= 11 is 1.53. The maximum Gasteiger partial charge on any atom is 0.230 e. The number of hydrogen-bond acceptors (Lipinski definition) is 5. The summed E-state index contributed by atoms with van der Waals surface area (Å²) in [6.07, 6.45) is 1.93. The van der Waals surface area contributed by atoms with E-state index in [1.165, 1.54) is 11.8 Å². The number of thioether (sulfide) groups is 1. The van der Waals surface area contributed by atoms with Gasteiger partial charge in [0.05, 0.1) is 25.0 Å². The number of morpholine rings is 1. The minimum Gasteiger partial charge on any atom is -0.465 e. The molecule has 2 rings (SSSR count). The fourth-order valence-electron chi connectivity index (χ4n) is 2.32. The van der Waals surface area contributed by atoms with Gasteiger partial charge in [0, 0.05) is 19.6 Å². The standard InChI is InChI=1S/C14H22N2O3S/c1-11-3-4-13(19-11)12(9-15-14(17)10-20-2)16-5-7-18-8-6-16/h3-4,12H,5-10H2,1-2H3,(H,15,17). The van der Waals surface area contributed by atoms with Gasteiger partial charge in [0.1, 0.15) is 11.5 Å². The first-order valence-electron chi connectivity index (χ1n) is 6.84. The summed E-state index contributed by atoms with van der Waals surface area (Å²) in [7, 11) is 0. The normalized spacial score (nSPS) is 17.9. The Morgan fingerprint density at radius 2 is 2.20 bits per heavy atom. The molecule has 1 amide bonds. The Hall–Kier alpha value is -0.980. The van der Waals surface area contributed by atoms with Crippen molar-refractivity contribution in [3.05, 3.63) is 23.7 Å². The van der Waals surface area contributed by atoms with Crippen LogP contribution in [0.15, 0.2) is 16.5 Å². The first kappa shape index (κ1) is 15.4. The van der Waals surface area contributed by atoms with Crippen molar-refractivity contribution in [3.63, 3.8) is 0 Å². The molecule has 112 valence electrons. The molecular weight excluding hydrogens is 276 g/mol. The third-order valence-electron chi connectivity index (χ3n) is 3.34. The number of aryl methyl sites for hydroxylation is 1. The highest BCUT2D eigenvalue weighted by Crippen LogP contribution is 2.23. The average Bonchev–Trinajstić information content (AvgIpc) is 2.87. The van der Waals surface area contributed by atoms with E-state index in [0.29, 0.717) is 12.3 Å². The van der Waals surface area contributed by atoms with Gasteiger partial charge in [0.25, 0.3) is 0 Å². The Morgan fingerprint density at radius 1 is 1.45 bits per heavy atom. The second-order valence-electron chi connectivity index (χ2n) is 4.85. The molecule has 0 aliphatic carbocycles. The van der Waals surface area contributed by atoms with Crippen molar-refractivity contribution in [2.24, 2.45) is 0 Å². The average molecular weight is 298 g/mol. The van der Waals surface area contributed by atoms with E-state index < -0.39 is 0 Å². The number of ether oxygens (including phenoxy) is 1. The number of nitrogens with zero attached hydrogens (tertiary/aromatic N) is 1. The van der Waals surface area contributed by atoms with E-state index in [1.54, 1.807) is 0 Å². The van der Waals surface area contributed by atoms with Crippen molar-refractivity contribution in [1.29, 1.82) is 0 Å². The number of carbonyl (C=O) groups is 1. The van der Waals surface area contributed by atoms with Crippen LogP contribution in [-0.4, -0.2) is 55.7 Å². The molecule has 1 aliphatic heterocycles. The summed E-state index contributed by atoms with van der Waals surface area (Å²) < 4.78 is 11.1. The quantitative estimate of drug-likeness (QED) is 0.861. The molecular formula is C14H22N2O3S. The summed E-state index contributed by atoms with van der Waals surface area (Å²) in [5, 5.41) is 2.99. The molecule has 2 heterocycles. The van der Waals surface area contributed by atoms with Crippen LogP contribution >= 0.6 is 11.8 Å². The fraction of sp³-hybridized carbons (Fsp3) is 0.643. The summed E-state index contributed by atoms with van der Waals surface area (Å²) in [6.45, 7) is 5.70. The predicted molar refractivity (Wildman–Crippen MR) is 80.0 cm³/mol. The number of hydrogen-bond donors (Lipinski definition) is 1. The smallest absolute Gasteiger partial charge is 0.230 e. The maximum atomic E-state index is 11.7. The van der Waals surface area contributed by atoms with Gasteiger partial charge in [0.15, 0.2) is 0 Å². The minimum absolute atomic E-state index is 0.0686. The molecule has 1 aliphatic rings. The minimum atomic E-state index is 0.0686. The molecule has 6 heteroatoms. The first-order valence-corrected chi connectivity index (χ1v) is 8.24. The zero-order chi connectivity index (χ0) is 14.4. The lowest BCUT2D eigenvalue weighted by Crippen LogP contribution is -2.44. The van der Waals surface area contributed by atoms with Crippen molar-refractivity contribution in [3.8, 4) is 0 Å². The summed E-state index contributed by atoms with van der Waals surface area (Å²) in [5.41, 5.74) is 0. The van der Waals surface area contributed by atoms with Crippen molar-refractivity contribution in [2.75, 3.05) is 44.9 Å². The van der Waals surface area contributed by atoms with Crippen LogP contribution in [-0.2, 0) is 9.53 Å². The fourth-order valence-corrected chi connectivity index (χ4v) is 2.69. The molecule has 1 aromatic heterocycles. The summed E-state index contributed by atoms with van der Waals surface area (Å²) in [6, 6.07) is 4.04. The Kier molecular flexibility index (Phi) is 5.94. The Bertz CT molecular complexity index is 430. The zero-order valence-electron chi connectivity index (χ0n) is 12.1. The van der Waals surface area contributed by atoms with Gasteiger partial charge in [-0.25, -0.2) is 0 Å². The number of amides is 1. The number of nitrogens with one attached hydrogen (secondary N) is 1. The van der Waals surface area contributed by atoms with Crippen LogP contribution in [0.1, 0.15) is 17.6 Å². The zero-order valence-corrected chi connectivity index (χ0v) is 12.9. The Labute approximate surface area is 124 Å². The maximum absolute atomic E-state index is 11.7. The lowest BCUT2D eigenvalue weighted by Gasteiger charge is -2.33. The van der Waals surface area contributed by atoms with Gasteiger partial charge in [-0.1, -0.05) is 0 Å². The topological polar surface area (TPSA) is 54.7 Å². The molecule has 1 fully saturated rings. The molecule has 1 saturated heterocycles. The summed E-state index contributed by atoms with van der Waals surface area (Å²) in [4.78, 5) is 14.0. The van der Waals surface area contributed by atoms with Gasteiger partial charge in [-0.2, -0.15) is 11.8 Å². The van der Waals surface area contributed by atoms with Crippen LogP contribution in [0.2, 0.25) is 0 Å². The van der Waals surface area contributed by atoms with Gasteiger partial charge >= 0.3 is 0 Å². The van der Waals surface area contributed by atoms with Crippen LogP contribution in [0.25, 0.3) is 0 Å². The molecule has 0 bridgehead atoms. The van der Waals surface area contributed by atoms with Gasteiger partial charge in [0.2, 0.25) is 5.91 Å². The van der Waals surface area contributed by atoms with E-state index in [1.807, 2.05) is 25.3 Å². The monoisotopic (exact) mass is 298 g/mol. The lowest BCUT2D eigenvalue weighted by atomic mass is 10.1. The van der Waals surface area contributed by atoms with Gasteiger partial charge in [-0.05, 0) is 25.3 Å². The lowest BCUT2D eigenvalue weighted by molar-refractivity contribution is -0.118. The van der Waals surface area contributed by atoms with Gasteiger partial charge in [-0.15, -0.1) is 0 Å². The molecule has 20 heavy (non-hydrogen) atoms. The number of furan rings is 1. The molecule has 5 nitrogen and oxygen atoms in total. The molecule has 0 radical (unpaired) electrons. The van der Waals surface area contributed by atoms with E-state index in [2.05, 4.69) is 10.2 Å². The summed E-state index contributed by atoms with van der Waals surface area (Å²) in [5.74, 6) is 2.37. The van der Waals surface area contributed by atoms with E-state index in [0.717, 1.165) is 37.8 Å². The van der Waals surface area contributed by atoms with E-state index in [4.69, 9.17) is 9.15 Å². The van der Waals surface area contributed by atoms with Crippen LogP contribution < -0.4 is 5.32 Å². The second-order valence-corrected chi connectivity index (χ2v) is 5.72. The van der Waals surface area contributed by atoms with E-state index in [-0.39, 0.29) is 11.9 Å². The van der Waals surface area contributed by atoms with Crippen molar-refractivity contribution >= 4 is 17.7 Å². The largest absolute Gasteiger partial charge is 0.465 e. The second kappa shape index (κ2) is 7.71. The molecule has 1 unspecified atom stereocenters. The first-order chi connectivity index (χ1) is 9.70. The van der Waals surface area contributed by atoms with E-state index in [9.17, 15) is 4.79 Å². The van der Waals surface area contributed by atoms with Crippen LogP contribution in [0, 0.1) is 6.92 Å². The molecule has 1 aromatic rings. The van der Waals surface area contributed by atoms with Gasteiger partial charge in [-0.3, -0.25) is 9.69 Å². The molecule has 0 aromatic carbocycles. The molecule has 0 saturated carbocycles. The van der Waals surface area contributed by atoms with Crippen molar-refractivity contribution < 1.29 is 13.9 Å². The van der Waals surface area contributed by atoms with Crippen LogP contribution in [0.3, 0.4) is 0 Å². The highest BCUT2D eigenvalue weighted by molar-refractivity contribution is 7.99. The van der Waals surface area contributed by atoms with Crippen LogP contribution in [0.4, 0.5) is 0 Å². The van der Waals surface area contributed by atoms with Crippen LogP contribution in [0.5, 0.6) is 0 Å². The third kappa shape index (κ3) is 4.26. The molecule has 1 atom stereocenters. The van der Waals surface area contributed by atoms with E-state index >= 15 is 0 Å². The predicted octanol–water partition coefficient (Wildman–Crippen LogP) is 1.44. The Balaban J connectivity index is 2.01. The number of carbonyl (C=O) groups excluding carboxylic acids is 1. The third-order valence-corrected chi connectivity index (χ3v) is 3.89. The van der Waals surface area contributed by atoms with Gasteiger partial charge < -0.3 is 14.5 Å². The molecule has 0 spiro atoms. The Morgan fingerprint density at radius 3 is 2.80 bits per heavy atom. The van der Waals surface area contributed by atoms with Crippen molar-refractivity contribution in [2.45, 2.75) is 13.0 Å².